The van der Waals surface area contributed by atoms with Gasteiger partial charge in [0.15, 0.2) is 11.6 Å². The van der Waals surface area contributed by atoms with Crippen LogP contribution in [-0.4, -0.2) is 31.1 Å². The third kappa shape index (κ3) is 10.3. The highest BCUT2D eigenvalue weighted by molar-refractivity contribution is 9.09. The Labute approximate surface area is 268 Å². The summed E-state index contributed by atoms with van der Waals surface area (Å²) < 4.78 is 21.9. The van der Waals surface area contributed by atoms with Crippen LogP contribution in [0.15, 0.2) is 72.8 Å². The van der Waals surface area contributed by atoms with E-state index in [0.717, 1.165) is 67.9 Å². The highest BCUT2D eigenvalue weighted by atomic mass is 79.9. The van der Waals surface area contributed by atoms with Gasteiger partial charge in [-0.15, -0.1) is 0 Å². The van der Waals surface area contributed by atoms with Gasteiger partial charge in [0.25, 0.3) is 0 Å². The zero-order valence-corrected chi connectivity index (χ0v) is 28.0. The fraction of sp³-hybridized carbons (Fsp3) is 0.250. The van der Waals surface area contributed by atoms with Crippen molar-refractivity contribution >= 4 is 27.5 Å². The van der Waals surface area contributed by atoms with Crippen LogP contribution in [-0.2, 0) is 0 Å². The molecule has 0 spiro atoms. The molecule has 0 aliphatic carbocycles. The summed E-state index contributed by atoms with van der Waals surface area (Å²) in [4.78, 5) is 23.5. The van der Waals surface area contributed by atoms with Gasteiger partial charge in [-0.05, 0) is 130 Å². The predicted octanol–water partition coefficient (Wildman–Crippen LogP) is 9.52. The topological polar surface area (TPSA) is 94.8 Å². The molecular formula is C36H38BrNO6. The SMILES string of the molecule is CC#N.COc1ccc(Oc2cc(C)c(C(=O)CBr)c(C)c2)cc1.COc1ccc(Oc2cc(C)c(C(C)=O)c(C)c2)cc1. The quantitative estimate of drug-likeness (QED) is 0.130. The molecule has 0 saturated carbocycles. The van der Waals surface area contributed by atoms with Crippen molar-refractivity contribution in [1.82, 2.24) is 0 Å². The van der Waals surface area contributed by atoms with E-state index in [4.69, 9.17) is 24.2 Å². The molecule has 8 heteroatoms. The molecule has 0 aliphatic heterocycles. The van der Waals surface area contributed by atoms with Crippen molar-refractivity contribution in [3.63, 3.8) is 0 Å². The van der Waals surface area contributed by atoms with Crippen LogP contribution in [0.2, 0.25) is 0 Å². The minimum Gasteiger partial charge on any atom is -0.497 e. The second kappa shape index (κ2) is 17.5. The highest BCUT2D eigenvalue weighted by Crippen LogP contribution is 2.29. The number of aryl methyl sites for hydroxylation is 4. The summed E-state index contributed by atoms with van der Waals surface area (Å²) in [7, 11) is 3.26. The molecular weight excluding hydrogens is 622 g/mol. The smallest absolute Gasteiger partial charge is 0.173 e. The first-order chi connectivity index (χ1) is 21.0. The number of ether oxygens (including phenoxy) is 4. The number of carbonyl (C=O) groups is 2. The van der Waals surface area contributed by atoms with Gasteiger partial charge in [-0.25, -0.2) is 0 Å². The number of benzene rings is 4. The van der Waals surface area contributed by atoms with Gasteiger partial charge in [-0.2, -0.15) is 5.26 Å². The molecule has 0 N–H and O–H groups in total. The number of ketones is 2. The summed E-state index contributed by atoms with van der Waals surface area (Å²) in [5, 5.41) is 7.65. The lowest BCUT2D eigenvalue weighted by atomic mass is 9.99. The standard InChI is InChI=1S/C17H17BrO3.C17H18O3.C2H3N/c1-11-8-15(9-12(2)17(11)16(19)10-18)21-14-6-4-13(20-3)5-7-14;1-11-9-16(10-12(2)17(11)13(3)18)20-15-7-5-14(19-4)6-8-15;1-2-3/h4-9H,10H2,1-3H3;5-10H,1-4H3;1H3. The van der Waals surface area contributed by atoms with Gasteiger partial charge in [0.2, 0.25) is 0 Å². The molecule has 0 unspecified atom stereocenters. The Kier molecular flexibility index (Phi) is 14.1. The van der Waals surface area contributed by atoms with Gasteiger partial charge in [0, 0.05) is 18.1 Å². The molecule has 4 rings (SSSR count). The van der Waals surface area contributed by atoms with Gasteiger partial charge in [0.1, 0.15) is 34.5 Å². The number of carbonyl (C=O) groups excluding carboxylic acids is 2. The van der Waals surface area contributed by atoms with Crippen molar-refractivity contribution in [2.75, 3.05) is 19.5 Å². The van der Waals surface area contributed by atoms with Gasteiger partial charge < -0.3 is 18.9 Å². The first-order valence-corrected chi connectivity index (χ1v) is 14.9. The maximum atomic E-state index is 11.9. The van der Waals surface area contributed by atoms with Crippen LogP contribution in [0, 0.1) is 39.0 Å². The summed E-state index contributed by atoms with van der Waals surface area (Å²) in [6.07, 6.45) is 0. The number of halogens is 1. The monoisotopic (exact) mass is 659 g/mol. The van der Waals surface area contributed by atoms with Gasteiger partial charge in [-0.3, -0.25) is 9.59 Å². The fourth-order valence-electron chi connectivity index (χ4n) is 4.59. The average molecular weight is 661 g/mol. The van der Waals surface area contributed by atoms with E-state index in [0.29, 0.717) is 5.33 Å². The Balaban J connectivity index is 0.000000282. The maximum Gasteiger partial charge on any atom is 0.173 e. The summed E-state index contributed by atoms with van der Waals surface area (Å²) in [6, 6.07) is 24.1. The third-order valence-electron chi connectivity index (χ3n) is 6.35. The molecule has 4 aromatic rings. The first-order valence-electron chi connectivity index (χ1n) is 13.7. The van der Waals surface area contributed by atoms with Crippen molar-refractivity contribution in [3.05, 3.63) is 106 Å². The number of hydrogen-bond acceptors (Lipinski definition) is 7. The van der Waals surface area contributed by atoms with E-state index >= 15 is 0 Å². The lowest BCUT2D eigenvalue weighted by Crippen LogP contribution is -2.05. The minimum absolute atomic E-state index is 0.0796. The van der Waals surface area contributed by atoms with E-state index in [2.05, 4.69) is 15.9 Å². The van der Waals surface area contributed by atoms with Crippen molar-refractivity contribution in [1.29, 1.82) is 5.26 Å². The van der Waals surface area contributed by atoms with E-state index in [1.165, 1.54) is 6.92 Å². The third-order valence-corrected chi connectivity index (χ3v) is 6.86. The van der Waals surface area contributed by atoms with Crippen molar-refractivity contribution in [2.24, 2.45) is 0 Å². The first kappa shape index (κ1) is 35.6. The summed E-state index contributed by atoms with van der Waals surface area (Å²) >= 11 is 3.21. The summed E-state index contributed by atoms with van der Waals surface area (Å²) in [6.45, 7) is 10.7. The highest BCUT2D eigenvalue weighted by Gasteiger charge is 2.13. The Hall–Kier alpha value is -4.61. The zero-order valence-electron chi connectivity index (χ0n) is 26.4. The molecule has 4 aromatic carbocycles. The van der Waals surface area contributed by atoms with E-state index in [1.54, 1.807) is 27.2 Å². The lowest BCUT2D eigenvalue weighted by molar-refractivity contribution is 0.101. The second-order valence-electron chi connectivity index (χ2n) is 9.76. The van der Waals surface area contributed by atoms with Crippen molar-refractivity contribution in [2.45, 2.75) is 41.5 Å². The van der Waals surface area contributed by atoms with E-state index in [-0.39, 0.29) is 11.6 Å². The number of nitrogens with zero attached hydrogens (tertiary/aromatic N) is 1. The largest absolute Gasteiger partial charge is 0.497 e. The number of methoxy groups -OCH3 is 2. The van der Waals surface area contributed by atoms with Crippen LogP contribution in [0.1, 0.15) is 56.8 Å². The number of alkyl halides is 1. The molecule has 0 fully saturated rings. The lowest BCUT2D eigenvalue weighted by Gasteiger charge is -2.12. The fourth-order valence-corrected chi connectivity index (χ4v) is 4.87. The zero-order chi connectivity index (χ0) is 32.8. The normalized spacial score (nSPS) is 9.73. The van der Waals surface area contributed by atoms with Gasteiger partial charge >= 0.3 is 0 Å². The van der Waals surface area contributed by atoms with Crippen LogP contribution in [0.5, 0.6) is 34.5 Å². The number of hydrogen-bond donors (Lipinski definition) is 0. The number of nitriles is 1. The molecule has 7 nitrogen and oxygen atoms in total. The maximum absolute atomic E-state index is 11.9. The Morgan fingerprint density at radius 1 is 0.636 bits per heavy atom. The molecule has 0 amide bonds. The molecule has 230 valence electrons. The Morgan fingerprint density at radius 3 is 1.20 bits per heavy atom. The average Bonchev–Trinajstić information content (AvgIpc) is 2.97. The summed E-state index contributed by atoms with van der Waals surface area (Å²) in [5.41, 5.74) is 5.23. The van der Waals surface area contributed by atoms with Crippen LogP contribution in [0.4, 0.5) is 0 Å². The number of rotatable bonds is 9. The molecule has 0 atom stereocenters. The summed E-state index contributed by atoms with van der Waals surface area (Å²) in [5.74, 6) is 4.66. The van der Waals surface area contributed by atoms with Crippen LogP contribution < -0.4 is 18.9 Å². The van der Waals surface area contributed by atoms with E-state index < -0.39 is 0 Å². The predicted molar refractivity (Wildman–Crippen MR) is 177 cm³/mol. The molecule has 0 heterocycles. The van der Waals surface area contributed by atoms with Crippen LogP contribution in [0.3, 0.4) is 0 Å². The van der Waals surface area contributed by atoms with E-state index in [1.807, 2.05) is 100 Å². The molecule has 0 radical (unpaired) electrons. The molecule has 0 bridgehead atoms. The molecule has 44 heavy (non-hydrogen) atoms. The van der Waals surface area contributed by atoms with Crippen LogP contribution in [0.25, 0.3) is 0 Å². The van der Waals surface area contributed by atoms with Crippen molar-refractivity contribution < 1.29 is 28.5 Å². The molecule has 0 saturated heterocycles. The molecule has 0 aliphatic rings. The Bertz CT molecular complexity index is 1560. The van der Waals surface area contributed by atoms with Gasteiger partial charge in [-0.1, -0.05) is 15.9 Å². The number of Topliss-reactive ketones (excluding diaryl/α,β-unsaturated/α-hetero) is 2. The van der Waals surface area contributed by atoms with Crippen molar-refractivity contribution in [3.8, 4) is 40.6 Å². The Morgan fingerprint density at radius 2 is 0.932 bits per heavy atom. The second-order valence-corrected chi connectivity index (χ2v) is 10.3. The van der Waals surface area contributed by atoms with Gasteiger partial charge in [0.05, 0.1) is 25.6 Å². The van der Waals surface area contributed by atoms with Crippen LogP contribution >= 0.6 is 15.9 Å². The minimum atomic E-state index is 0.0796. The molecule has 0 aromatic heterocycles. The van der Waals surface area contributed by atoms with E-state index in [9.17, 15) is 9.59 Å².